The molecule has 0 radical (unpaired) electrons. The molecule has 738 valence electrons. The van der Waals surface area contributed by atoms with Crippen LogP contribution in [-0.4, -0.2) is 318 Å². The summed E-state index contributed by atoms with van der Waals surface area (Å²) in [5.41, 5.74) is -10.8. The number of carbonyl (C=O) groups is 15. The van der Waals surface area contributed by atoms with E-state index in [1.165, 1.54) is 41.5 Å². The Labute approximate surface area is 774 Å². The van der Waals surface area contributed by atoms with Crippen molar-refractivity contribution in [3.8, 4) is 0 Å². The third-order valence-electron chi connectivity index (χ3n) is 20.9. The van der Waals surface area contributed by atoms with Crippen LogP contribution in [0.3, 0.4) is 0 Å². The average Bonchev–Trinajstić information content (AvgIpc) is 0.863. The third-order valence-corrected chi connectivity index (χ3v) is 21.3. The highest BCUT2D eigenvalue weighted by atomic mass is 32.1. The van der Waals surface area contributed by atoms with Crippen LogP contribution in [-0.2, 0) is 111 Å². The molecular weight excluding hydrogens is 1820 g/mol. The molecule has 0 aromatic carbocycles. The standard InChI is InChI=1S/C81H111N27O27S/c1-48-29-103(76(130)91-69(48)123)41-63(117)97-23-17-83-56(110)14-9-7-11-15-82-55(109)13-10-8-12-16-89-75(129)54(47-136)90-62(116)40-102(68(122)46-108-34-53(6)74(128)96-81(108)135)28-22-88-61(115)39-101(67(121)45-107-33-52(5)73(127)95-80(107)134)27-21-87-60(114)38-100(66(120)44-106-32-51(4)72(126)94-79(106)133)26-20-86-59(113)37-99(65(119)43-105-31-50(3)71(125)93-78(105)132)25-19-85-58(112)36-98(24-18-84-57(111)35-97)64(118)42-104-30-49(2)70(124)92-77(104)131/h29-34,54,136H,7-28,35-47H2,1-6H3,(H,82,109)(H,83,110)(H,84,111)(H,85,112)(H,86,113)(H,87,114)(H,88,115)(H,89,129)(H,90,116)(H,91,123,130)(H,92,124,131)(H,93,125,132)(H,94,126,133)(H,95,127,134)(H,96,128,135). The first-order valence-corrected chi connectivity index (χ1v) is 43.6. The summed E-state index contributed by atoms with van der Waals surface area (Å²) in [5, 5.41) is 23.2. The zero-order valence-electron chi connectivity index (χ0n) is 75.6. The summed E-state index contributed by atoms with van der Waals surface area (Å²) in [6.07, 6.45) is 9.14. The Bertz CT molecular complexity index is 6230. The van der Waals surface area contributed by atoms with Gasteiger partial charge in [-0.25, -0.2) is 28.8 Å². The van der Waals surface area contributed by atoms with Gasteiger partial charge in [-0.05, 0) is 67.2 Å². The smallest absolute Gasteiger partial charge is 0.328 e. The molecule has 7 heterocycles. The van der Waals surface area contributed by atoms with Gasteiger partial charge >= 0.3 is 34.1 Å². The van der Waals surface area contributed by atoms with E-state index in [4.69, 9.17) is 0 Å². The zero-order valence-corrected chi connectivity index (χ0v) is 76.5. The summed E-state index contributed by atoms with van der Waals surface area (Å²) in [4.78, 5) is 377. The molecular formula is C81H111N27O27S. The van der Waals surface area contributed by atoms with Crippen molar-refractivity contribution in [2.75, 3.05) is 137 Å². The van der Waals surface area contributed by atoms with Crippen molar-refractivity contribution in [1.29, 1.82) is 0 Å². The predicted molar refractivity (Wildman–Crippen MR) is 483 cm³/mol. The number of aromatic amines is 6. The largest absolute Gasteiger partial charge is 0.356 e. The SMILES string of the molecule is Cc1cn(CC(=O)N2CCNC(=O)CCCCCNC(=O)CCCCCNC(=O)C(CS)NC(=O)CN(C(=O)Cn3cc(C)c(=O)[nH]c3=O)CCNC(=O)CN(C(=O)Cn3cc(C)c(=O)[nH]c3=O)CCNC(=O)CN(C(=O)Cn3cc(C)c(=O)[nH]c3=O)CCNC(=O)CN(C(=O)Cn3cc(C)c(=O)[nH]c3=O)CCNC(=O)CN(C(=O)Cn3cc(C)c(=O)[nH]c3=O)CCNC(=O)C2)c(=O)[nH]c1=O. The van der Waals surface area contributed by atoms with E-state index in [9.17, 15) is 129 Å². The number of nitrogens with one attached hydrogen (secondary N) is 15. The van der Waals surface area contributed by atoms with E-state index >= 15 is 0 Å². The average molecular weight is 1930 g/mol. The first-order valence-electron chi connectivity index (χ1n) is 43.0. The fraction of sp³-hybridized carbons (Fsp3) is 0.519. The number of nitrogens with zero attached hydrogens (tertiary/aromatic N) is 12. The number of thiol groups is 1. The molecule has 7 rings (SSSR count). The number of H-pyrrole nitrogens is 6. The lowest BCUT2D eigenvalue weighted by Gasteiger charge is -2.26. The monoisotopic (exact) mass is 1930 g/mol. The normalized spacial score (nSPS) is 16.6. The minimum atomic E-state index is -1.29. The van der Waals surface area contributed by atoms with E-state index in [2.05, 4.69) is 75.4 Å². The number of aromatic nitrogens is 12. The molecule has 6 aromatic rings. The maximum atomic E-state index is 14.3. The molecule has 1 aliphatic heterocycles. The topological polar surface area (TPSA) is 713 Å². The summed E-state index contributed by atoms with van der Waals surface area (Å²) < 4.78 is 4.97. The Morgan fingerprint density at radius 2 is 0.449 bits per heavy atom. The van der Waals surface area contributed by atoms with Crippen LogP contribution < -0.4 is 115 Å². The van der Waals surface area contributed by atoms with Gasteiger partial charge in [0.05, 0.1) is 39.3 Å². The van der Waals surface area contributed by atoms with Gasteiger partial charge in [0.25, 0.3) is 33.4 Å². The highest BCUT2D eigenvalue weighted by Crippen LogP contribution is 2.07. The molecule has 1 unspecified atom stereocenters. The lowest BCUT2D eigenvalue weighted by molar-refractivity contribution is -0.138. The maximum absolute atomic E-state index is 14.3. The van der Waals surface area contributed by atoms with Gasteiger partial charge in [-0.3, -0.25) is 158 Å². The van der Waals surface area contributed by atoms with Crippen LogP contribution in [0.25, 0.3) is 0 Å². The first kappa shape index (κ1) is 108. The zero-order chi connectivity index (χ0) is 100. The second-order valence-corrected chi connectivity index (χ2v) is 32.1. The van der Waals surface area contributed by atoms with Gasteiger partial charge < -0.3 is 77.3 Å². The lowest BCUT2D eigenvalue weighted by Crippen LogP contribution is -2.53. The molecule has 1 fully saturated rings. The number of hydrogen-bond donors (Lipinski definition) is 16. The Morgan fingerprint density at radius 1 is 0.257 bits per heavy atom. The van der Waals surface area contributed by atoms with Crippen molar-refractivity contribution >= 4 is 101 Å². The molecule has 15 N–H and O–H groups in total. The second-order valence-electron chi connectivity index (χ2n) is 31.8. The quantitative estimate of drug-likeness (QED) is 0.0478. The predicted octanol–water partition coefficient (Wildman–Crippen LogP) is -12.4. The summed E-state index contributed by atoms with van der Waals surface area (Å²) in [6, 6.07) is -1.29. The van der Waals surface area contributed by atoms with E-state index in [1.54, 1.807) is 0 Å². The molecule has 1 aliphatic rings. The van der Waals surface area contributed by atoms with E-state index < -0.39 is 300 Å². The van der Waals surface area contributed by atoms with Crippen LogP contribution in [0.15, 0.2) is 94.7 Å². The van der Waals surface area contributed by atoms with Crippen molar-refractivity contribution in [2.45, 2.75) is 138 Å². The van der Waals surface area contributed by atoms with E-state index in [0.717, 1.165) is 94.0 Å². The number of amides is 15. The molecule has 55 heteroatoms. The van der Waals surface area contributed by atoms with Crippen molar-refractivity contribution in [3.05, 3.63) is 196 Å². The van der Waals surface area contributed by atoms with Crippen molar-refractivity contribution in [2.24, 2.45) is 0 Å². The molecule has 54 nitrogen and oxygen atoms in total. The molecule has 0 bridgehead atoms. The van der Waals surface area contributed by atoms with E-state index in [1.807, 2.05) is 15.0 Å². The van der Waals surface area contributed by atoms with Crippen LogP contribution in [0.4, 0.5) is 0 Å². The molecule has 0 spiro atoms. The Kier molecular flexibility index (Phi) is 41.6. The van der Waals surface area contributed by atoms with Gasteiger partial charge in [-0.1, -0.05) is 12.8 Å². The summed E-state index contributed by atoms with van der Waals surface area (Å²) in [7, 11) is 0. The van der Waals surface area contributed by atoms with Gasteiger partial charge in [0.15, 0.2) is 0 Å². The molecule has 15 amide bonds. The lowest BCUT2D eigenvalue weighted by atomic mass is 10.1. The Hall–Kier alpha value is -15.5. The Morgan fingerprint density at radius 3 is 0.662 bits per heavy atom. The number of aryl methyl sites for hydroxylation is 6. The van der Waals surface area contributed by atoms with Crippen LogP contribution in [0.5, 0.6) is 0 Å². The molecule has 1 atom stereocenters. The highest BCUT2D eigenvalue weighted by Gasteiger charge is 2.29. The second kappa shape index (κ2) is 52.7. The summed E-state index contributed by atoms with van der Waals surface area (Å²) >= 11 is 4.24. The van der Waals surface area contributed by atoms with Gasteiger partial charge in [0, 0.05) is 181 Å². The Balaban J connectivity index is 1.15. The molecule has 6 aromatic heterocycles. The van der Waals surface area contributed by atoms with Gasteiger partial charge in [0.1, 0.15) is 45.3 Å². The number of hydrogen-bond acceptors (Lipinski definition) is 28. The number of carbonyl (C=O) groups excluding carboxylic acids is 15. The van der Waals surface area contributed by atoms with Gasteiger partial charge in [0.2, 0.25) is 88.6 Å². The third kappa shape index (κ3) is 34.9. The molecule has 0 saturated carbocycles. The summed E-state index contributed by atoms with van der Waals surface area (Å²) in [5.74, 6) is -13.1. The highest BCUT2D eigenvalue weighted by molar-refractivity contribution is 7.80. The van der Waals surface area contributed by atoms with Crippen LogP contribution >= 0.6 is 12.6 Å². The maximum Gasteiger partial charge on any atom is 0.328 e. The minimum absolute atomic E-state index is 0.000639. The molecule has 0 aliphatic carbocycles. The van der Waals surface area contributed by atoms with Crippen molar-refractivity contribution < 1.29 is 71.9 Å². The molecule has 136 heavy (non-hydrogen) atoms. The van der Waals surface area contributed by atoms with Gasteiger partial charge in [-0.2, -0.15) is 12.6 Å². The van der Waals surface area contributed by atoms with Crippen molar-refractivity contribution in [1.82, 2.24) is 135 Å². The first-order chi connectivity index (χ1) is 64.4. The number of rotatable bonds is 13. The van der Waals surface area contributed by atoms with Crippen molar-refractivity contribution in [3.63, 3.8) is 0 Å². The van der Waals surface area contributed by atoms with E-state index in [-0.39, 0.29) is 84.1 Å². The fourth-order valence-corrected chi connectivity index (χ4v) is 13.5. The van der Waals surface area contributed by atoms with Crippen LogP contribution in [0, 0.1) is 41.5 Å². The minimum Gasteiger partial charge on any atom is -0.356 e. The fourth-order valence-electron chi connectivity index (χ4n) is 13.3. The van der Waals surface area contributed by atoms with Gasteiger partial charge in [-0.15, -0.1) is 0 Å². The van der Waals surface area contributed by atoms with Crippen LogP contribution in [0.2, 0.25) is 0 Å². The molecule has 1 saturated heterocycles. The van der Waals surface area contributed by atoms with Crippen LogP contribution in [0.1, 0.15) is 84.7 Å². The van der Waals surface area contributed by atoms with E-state index in [0.29, 0.717) is 38.5 Å². The summed E-state index contributed by atoms with van der Waals surface area (Å²) in [6.45, 7) is -7.36.